The van der Waals surface area contributed by atoms with Crippen molar-refractivity contribution in [3.8, 4) is 0 Å². The molecule has 26 heavy (non-hydrogen) atoms. The average molecular weight is 378 g/mol. The van der Waals surface area contributed by atoms with E-state index in [1.807, 2.05) is 33.8 Å². The van der Waals surface area contributed by atoms with E-state index in [2.05, 4.69) is 14.7 Å². The Kier molecular flexibility index (Phi) is 6.26. The van der Waals surface area contributed by atoms with Crippen LogP contribution < -0.4 is 0 Å². The molecule has 1 aromatic rings. The molecule has 0 saturated carbocycles. The van der Waals surface area contributed by atoms with Crippen molar-refractivity contribution < 1.29 is 23.6 Å². The van der Waals surface area contributed by atoms with Crippen LogP contribution in [0.25, 0.3) is 6.08 Å². The molecular formula is C17H23BN2O5S. The molecule has 2 rings (SSSR count). The fourth-order valence-corrected chi connectivity index (χ4v) is 2.77. The van der Waals surface area contributed by atoms with E-state index in [9.17, 15) is 9.59 Å². The van der Waals surface area contributed by atoms with Crippen LogP contribution in [-0.4, -0.2) is 52.2 Å². The summed E-state index contributed by atoms with van der Waals surface area (Å²) in [5.74, 6) is -0.191. The largest absolute Gasteiger partial charge is 0.491 e. The Morgan fingerprint density at radius 2 is 1.73 bits per heavy atom. The molecule has 0 unspecified atom stereocenters. The van der Waals surface area contributed by atoms with Crippen molar-refractivity contribution in [2.24, 2.45) is 0 Å². The number of methoxy groups -OCH3 is 1. The normalized spacial score (nSPS) is 18.7. The SMILES string of the molecule is COC(=O)c1ncc(C=C(CSC(C)=O)B2OC(C)(C)C(C)(C)O2)cn1. The van der Waals surface area contributed by atoms with Gasteiger partial charge in [-0.25, -0.2) is 14.8 Å². The molecule has 0 N–H and O–H groups in total. The lowest BCUT2D eigenvalue weighted by molar-refractivity contribution is -0.109. The highest BCUT2D eigenvalue weighted by atomic mass is 32.2. The van der Waals surface area contributed by atoms with Crippen LogP contribution >= 0.6 is 11.8 Å². The fourth-order valence-electron chi connectivity index (χ4n) is 2.18. The Bertz CT molecular complexity index is 702. The number of carbonyl (C=O) groups excluding carboxylic acids is 2. The highest BCUT2D eigenvalue weighted by Gasteiger charge is 2.52. The molecule has 0 radical (unpaired) electrons. The third-order valence-electron chi connectivity index (χ3n) is 4.39. The predicted molar refractivity (Wildman–Crippen MR) is 101 cm³/mol. The van der Waals surface area contributed by atoms with Crippen LogP contribution in [0.5, 0.6) is 0 Å². The number of hydrogen-bond acceptors (Lipinski definition) is 8. The van der Waals surface area contributed by atoms with Crippen molar-refractivity contribution in [3.63, 3.8) is 0 Å². The van der Waals surface area contributed by atoms with Crippen LogP contribution in [0.15, 0.2) is 17.9 Å². The molecule has 0 aromatic carbocycles. The minimum Gasteiger partial charge on any atom is -0.463 e. The summed E-state index contributed by atoms with van der Waals surface area (Å²) >= 11 is 1.18. The Hall–Kier alpha value is -1.71. The van der Waals surface area contributed by atoms with Crippen LogP contribution in [0, 0.1) is 0 Å². The lowest BCUT2D eigenvalue weighted by atomic mass is 9.78. The van der Waals surface area contributed by atoms with Gasteiger partial charge in [-0.3, -0.25) is 4.79 Å². The summed E-state index contributed by atoms with van der Waals surface area (Å²) in [5.41, 5.74) is 0.496. The third-order valence-corrected chi connectivity index (χ3v) is 5.27. The van der Waals surface area contributed by atoms with E-state index in [-0.39, 0.29) is 10.9 Å². The van der Waals surface area contributed by atoms with E-state index in [1.54, 1.807) is 0 Å². The second-order valence-corrected chi connectivity index (χ2v) is 8.07. The van der Waals surface area contributed by atoms with Crippen LogP contribution in [0.1, 0.15) is 50.8 Å². The second kappa shape index (κ2) is 7.90. The van der Waals surface area contributed by atoms with E-state index >= 15 is 0 Å². The number of carbonyl (C=O) groups is 2. The van der Waals surface area contributed by atoms with Crippen molar-refractivity contribution in [2.45, 2.75) is 45.8 Å². The number of esters is 1. The highest BCUT2D eigenvalue weighted by molar-refractivity contribution is 8.13. The summed E-state index contributed by atoms with van der Waals surface area (Å²) in [6.07, 6.45) is 4.85. The lowest BCUT2D eigenvalue weighted by Crippen LogP contribution is -2.41. The van der Waals surface area contributed by atoms with E-state index < -0.39 is 24.3 Å². The number of hydrogen-bond donors (Lipinski definition) is 0. The first-order chi connectivity index (χ1) is 12.1. The van der Waals surface area contributed by atoms with Gasteiger partial charge in [0.25, 0.3) is 0 Å². The minimum absolute atomic E-state index is 0.00436. The Labute approximate surface area is 158 Å². The van der Waals surface area contributed by atoms with Crippen LogP contribution in [0.2, 0.25) is 0 Å². The number of thioether (sulfide) groups is 1. The Morgan fingerprint density at radius 1 is 1.19 bits per heavy atom. The molecule has 7 nitrogen and oxygen atoms in total. The standard InChI is InChI=1S/C17H23BN2O5S/c1-11(21)26-10-13(18-24-16(2,3)17(4,5)25-18)7-12-8-19-14(20-9-12)15(22)23-6/h7-9H,10H2,1-6H3. The predicted octanol–water partition coefficient (Wildman–Crippen LogP) is 2.56. The molecule has 9 heteroatoms. The quantitative estimate of drug-likeness (QED) is 0.571. The zero-order chi connectivity index (χ0) is 19.5. The molecule has 0 aliphatic carbocycles. The summed E-state index contributed by atoms with van der Waals surface area (Å²) in [6.45, 7) is 9.39. The van der Waals surface area contributed by atoms with Gasteiger partial charge in [0.05, 0.1) is 18.3 Å². The lowest BCUT2D eigenvalue weighted by Gasteiger charge is -2.32. The van der Waals surface area contributed by atoms with Gasteiger partial charge < -0.3 is 14.0 Å². The maximum Gasteiger partial charge on any atom is 0.491 e. The molecule has 0 amide bonds. The zero-order valence-electron chi connectivity index (χ0n) is 15.9. The monoisotopic (exact) mass is 378 g/mol. The zero-order valence-corrected chi connectivity index (χ0v) is 16.7. The number of rotatable bonds is 5. The first-order valence-corrected chi connectivity index (χ1v) is 9.14. The van der Waals surface area contributed by atoms with Crippen molar-refractivity contribution in [2.75, 3.05) is 12.9 Å². The van der Waals surface area contributed by atoms with Gasteiger partial charge in [0.1, 0.15) is 0 Å². The summed E-state index contributed by atoms with van der Waals surface area (Å²) < 4.78 is 16.7. The molecule has 140 valence electrons. The van der Waals surface area contributed by atoms with Gasteiger partial charge in [0.2, 0.25) is 5.82 Å². The first-order valence-electron chi connectivity index (χ1n) is 8.15. The fraction of sp³-hybridized carbons (Fsp3) is 0.529. The summed E-state index contributed by atoms with van der Waals surface area (Å²) in [6, 6.07) is 0. The van der Waals surface area contributed by atoms with E-state index in [1.165, 1.54) is 38.2 Å². The molecule has 0 atom stereocenters. The van der Waals surface area contributed by atoms with Crippen LogP contribution in [0.3, 0.4) is 0 Å². The number of ether oxygens (including phenoxy) is 1. The highest BCUT2D eigenvalue weighted by Crippen LogP contribution is 2.39. The first kappa shape index (κ1) is 20.6. The molecule has 2 heterocycles. The van der Waals surface area contributed by atoms with E-state index in [4.69, 9.17) is 9.31 Å². The maximum absolute atomic E-state index is 11.4. The maximum atomic E-state index is 11.4. The molecular weight excluding hydrogens is 355 g/mol. The molecule has 1 aliphatic rings. The molecule has 1 fully saturated rings. The van der Waals surface area contributed by atoms with Crippen LogP contribution in [0.4, 0.5) is 0 Å². The van der Waals surface area contributed by atoms with Gasteiger partial charge in [-0.15, -0.1) is 0 Å². The van der Waals surface area contributed by atoms with Gasteiger partial charge >= 0.3 is 13.1 Å². The topological polar surface area (TPSA) is 87.6 Å². The molecule has 1 aromatic heterocycles. The molecule has 1 saturated heterocycles. The summed E-state index contributed by atoms with van der Waals surface area (Å²) in [4.78, 5) is 30.8. The van der Waals surface area contributed by atoms with Crippen molar-refractivity contribution >= 4 is 36.0 Å². The molecule has 1 aliphatic heterocycles. The molecule has 0 spiro atoms. The minimum atomic E-state index is -0.598. The number of nitrogens with zero attached hydrogens (tertiary/aromatic N) is 2. The van der Waals surface area contributed by atoms with Crippen LogP contribution in [-0.2, 0) is 18.8 Å². The van der Waals surface area contributed by atoms with Crippen molar-refractivity contribution in [1.29, 1.82) is 0 Å². The summed E-state index contributed by atoms with van der Waals surface area (Å²) in [5, 5.41) is 0.00436. The van der Waals surface area contributed by atoms with Gasteiger partial charge in [0.15, 0.2) is 5.12 Å². The number of aromatic nitrogens is 2. The second-order valence-electron chi connectivity index (χ2n) is 6.92. The van der Waals surface area contributed by atoms with Gasteiger partial charge in [-0.2, -0.15) is 0 Å². The molecule has 0 bridgehead atoms. The van der Waals surface area contributed by atoms with Gasteiger partial charge in [-0.05, 0) is 33.2 Å². The van der Waals surface area contributed by atoms with E-state index in [0.29, 0.717) is 11.3 Å². The third kappa shape index (κ3) is 4.72. The smallest absolute Gasteiger partial charge is 0.463 e. The Morgan fingerprint density at radius 3 is 2.19 bits per heavy atom. The Balaban J connectivity index is 2.28. The van der Waals surface area contributed by atoms with E-state index in [0.717, 1.165) is 5.47 Å². The van der Waals surface area contributed by atoms with Crippen molar-refractivity contribution in [1.82, 2.24) is 9.97 Å². The van der Waals surface area contributed by atoms with Gasteiger partial charge in [0, 0.05) is 30.6 Å². The summed E-state index contributed by atoms with van der Waals surface area (Å²) in [7, 11) is 0.696. The van der Waals surface area contributed by atoms with Crippen molar-refractivity contribution in [3.05, 3.63) is 29.3 Å². The van der Waals surface area contributed by atoms with Gasteiger partial charge in [-0.1, -0.05) is 17.8 Å². The average Bonchev–Trinajstić information content (AvgIpc) is 2.78.